The predicted molar refractivity (Wildman–Crippen MR) is 36.8 cm³/mol. The summed E-state index contributed by atoms with van der Waals surface area (Å²) in [6, 6.07) is 1.95. The number of pyridine rings is 1. The van der Waals surface area contributed by atoms with E-state index in [-0.39, 0.29) is 1.43 Å². The van der Waals surface area contributed by atoms with E-state index in [9.17, 15) is 0 Å². The van der Waals surface area contributed by atoms with Crippen molar-refractivity contribution in [2.75, 3.05) is 5.43 Å². The summed E-state index contributed by atoms with van der Waals surface area (Å²) in [5, 5.41) is 0. The highest BCUT2D eigenvalue weighted by molar-refractivity contribution is 5.51. The number of hydrogen-bond acceptors (Lipinski definition) is 3. The highest BCUT2D eigenvalue weighted by Crippen LogP contribution is 2.15. The van der Waals surface area contributed by atoms with Crippen molar-refractivity contribution in [3.05, 3.63) is 24.0 Å². The van der Waals surface area contributed by atoms with Gasteiger partial charge in [0.05, 0.1) is 5.69 Å². The van der Waals surface area contributed by atoms with Crippen LogP contribution >= 0.6 is 0 Å². The van der Waals surface area contributed by atoms with E-state index >= 15 is 0 Å². The molecule has 48 valence electrons. The number of anilines is 1. The number of nitrogens with one attached hydrogen (secondary N) is 2. The van der Waals surface area contributed by atoms with Crippen LogP contribution in [0.25, 0.3) is 0 Å². The smallest absolute Gasteiger partial charge is 0.0564 e. The Balaban J connectivity index is 0.000000500. The van der Waals surface area contributed by atoms with Crippen molar-refractivity contribution < 1.29 is 1.43 Å². The van der Waals surface area contributed by atoms with Crippen LogP contribution in [0.15, 0.2) is 18.5 Å². The summed E-state index contributed by atoms with van der Waals surface area (Å²) in [4.78, 5) is 3.98. The Morgan fingerprint density at radius 1 is 1.67 bits per heavy atom. The van der Waals surface area contributed by atoms with Crippen molar-refractivity contribution in [2.24, 2.45) is 0 Å². The minimum absolute atomic E-state index is 0. The number of rotatable bonds is 0. The predicted octanol–water partition coefficient (Wildman–Crippen LogP) is 0.758. The van der Waals surface area contributed by atoms with Gasteiger partial charge in [-0.1, -0.05) is 0 Å². The molecule has 1 aliphatic heterocycles. The van der Waals surface area contributed by atoms with Gasteiger partial charge in [-0.3, -0.25) is 4.98 Å². The number of nitrogens with zero attached hydrogens (tertiary/aromatic N) is 1. The largest absolute Gasteiger partial charge is 0.321 e. The fraction of sp³-hybridized carbons (Fsp3) is 0.167. The Hall–Kier alpha value is -1.09. The molecule has 9 heavy (non-hydrogen) atoms. The molecule has 0 aliphatic carbocycles. The summed E-state index contributed by atoms with van der Waals surface area (Å²) >= 11 is 0. The van der Waals surface area contributed by atoms with E-state index < -0.39 is 0 Å². The molecule has 0 radical (unpaired) electrons. The zero-order chi connectivity index (χ0) is 6.10. The third kappa shape index (κ3) is 0.658. The second-order valence-corrected chi connectivity index (χ2v) is 2.01. The summed E-state index contributed by atoms with van der Waals surface area (Å²) in [6.45, 7) is 0.878. The van der Waals surface area contributed by atoms with E-state index in [2.05, 4.69) is 15.8 Å². The van der Waals surface area contributed by atoms with E-state index in [4.69, 9.17) is 0 Å². The maximum absolute atomic E-state index is 3.98. The fourth-order valence-corrected chi connectivity index (χ4v) is 0.925. The van der Waals surface area contributed by atoms with E-state index in [1.165, 1.54) is 5.56 Å². The van der Waals surface area contributed by atoms with Gasteiger partial charge in [0.25, 0.3) is 0 Å². The molecule has 0 spiro atoms. The molecule has 2 N–H and O–H groups in total. The number of aromatic nitrogens is 1. The molecule has 0 bridgehead atoms. The summed E-state index contributed by atoms with van der Waals surface area (Å²) in [7, 11) is 0. The zero-order valence-corrected chi connectivity index (χ0v) is 4.89. The van der Waals surface area contributed by atoms with Gasteiger partial charge in [-0.15, -0.1) is 0 Å². The number of fused-ring (bicyclic) bond motifs is 1. The topological polar surface area (TPSA) is 37.0 Å². The number of hydrazine groups is 1. The van der Waals surface area contributed by atoms with Crippen LogP contribution in [0.1, 0.15) is 6.99 Å². The standard InChI is InChI=1S/C6H7N3.H2/c1-2-7-3-5-4-8-9-6(1)5;/h1-3,8-9H,4H2;1H. The first-order chi connectivity index (χ1) is 4.47. The SMILES string of the molecule is [HH].c1cc2c(cn1)CNN2. The number of hydrogen-bond donors (Lipinski definition) is 2. The van der Waals surface area contributed by atoms with Gasteiger partial charge < -0.3 is 5.43 Å². The molecule has 1 aromatic rings. The fourth-order valence-electron chi connectivity index (χ4n) is 0.925. The molecule has 3 nitrogen and oxygen atoms in total. The van der Waals surface area contributed by atoms with E-state index in [0.717, 1.165) is 12.2 Å². The maximum atomic E-state index is 3.98. The quantitative estimate of drug-likeness (QED) is 0.534. The molecule has 1 aromatic heterocycles. The third-order valence-electron chi connectivity index (χ3n) is 1.41. The first-order valence-corrected chi connectivity index (χ1v) is 2.88. The minimum Gasteiger partial charge on any atom is -0.321 e. The van der Waals surface area contributed by atoms with Crippen LogP contribution in [0.4, 0.5) is 5.69 Å². The van der Waals surface area contributed by atoms with Crippen molar-refractivity contribution in [3.8, 4) is 0 Å². The molecule has 3 heteroatoms. The lowest BCUT2D eigenvalue weighted by Crippen LogP contribution is -2.10. The second kappa shape index (κ2) is 1.70. The van der Waals surface area contributed by atoms with Gasteiger partial charge in [0.15, 0.2) is 0 Å². The van der Waals surface area contributed by atoms with Gasteiger partial charge >= 0.3 is 0 Å². The minimum atomic E-state index is 0. The lowest BCUT2D eigenvalue weighted by molar-refractivity contribution is 0.858. The average molecular weight is 123 g/mol. The lowest BCUT2D eigenvalue weighted by atomic mass is 10.3. The monoisotopic (exact) mass is 123 g/mol. The molecule has 0 saturated heterocycles. The second-order valence-electron chi connectivity index (χ2n) is 2.01. The van der Waals surface area contributed by atoms with Crippen molar-refractivity contribution in [3.63, 3.8) is 0 Å². The molecule has 0 aromatic carbocycles. The van der Waals surface area contributed by atoms with Crippen LogP contribution in [-0.4, -0.2) is 4.98 Å². The first-order valence-electron chi connectivity index (χ1n) is 2.88. The van der Waals surface area contributed by atoms with Gasteiger partial charge in [-0.2, -0.15) is 0 Å². The van der Waals surface area contributed by atoms with Crippen molar-refractivity contribution in [1.29, 1.82) is 0 Å². The third-order valence-corrected chi connectivity index (χ3v) is 1.41. The Bertz CT molecular complexity index is 203. The summed E-state index contributed by atoms with van der Waals surface area (Å²) in [5.74, 6) is 0. The van der Waals surface area contributed by atoms with Crippen LogP contribution in [0.3, 0.4) is 0 Å². The normalized spacial score (nSPS) is 14.7. The molecular weight excluding hydrogens is 114 g/mol. The van der Waals surface area contributed by atoms with Crippen LogP contribution in [0.5, 0.6) is 0 Å². The van der Waals surface area contributed by atoms with Crippen LogP contribution < -0.4 is 10.9 Å². The summed E-state index contributed by atoms with van der Waals surface area (Å²) in [6.07, 6.45) is 3.64. The molecular formula is C6H9N3. The van der Waals surface area contributed by atoms with E-state index in [1.54, 1.807) is 6.20 Å². The molecule has 1 aliphatic rings. The van der Waals surface area contributed by atoms with Gasteiger partial charge in [0.2, 0.25) is 0 Å². The Morgan fingerprint density at radius 3 is 3.56 bits per heavy atom. The molecule has 2 rings (SSSR count). The summed E-state index contributed by atoms with van der Waals surface area (Å²) in [5.41, 5.74) is 8.39. The lowest BCUT2D eigenvalue weighted by Gasteiger charge is -1.92. The van der Waals surface area contributed by atoms with Gasteiger partial charge in [-0.25, -0.2) is 5.43 Å². The molecule has 0 amide bonds. The van der Waals surface area contributed by atoms with Crippen LogP contribution in [0.2, 0.25) is 0 Å². The maximum Gasteiger partial charge on any atom is 0.0564 e. The zero-order valence-electron chi connectivity index (χ0n) is 4.89. The first kappa shape index (κ1) is 4.76. The molecule has 2 heterocycles. The van der Waals surface area contributed by atoms with Gasteiger partial charge in [0, 0.05) is 25.9 Å². The Labute approximate surface area is 54.6 Å². The Kier molecular flexibility index (Phi) is 0.899. The van der Waals surface area contributed by atoms with Crippen molar-refractivity contribution >= 4 is 5.69 Å². The molecule has 0 saturated carbocycles. The van der Waals surface area contributed by atoms with Crippen LogP contribution in [-0.2, 0) is 6.54 Å². The summed E-state index contributed by atoms with van der Waals surface area (Å²) < 4.78 is 0. The highest BCUT2D eigenvalue weighted by Gasteiger charge is 2.06. The van der Waals surface area contributed by atoms with Crippen molar-refractivity contribution in [1.82, 2.24) is 10.4 Å². The molecule has 0 unspecified atom stereocenters. The average Bonchev–Trinajstić information content (AvgIpc) is 2.33. The molecule has 0 fully saturated rings. The van der Waals surface area contributed by atoms with Crippen LogP contribution in [0, 0.1) is 0 Å². The van der Waals surface area contributed by atoms with E-state index in [0.29, 0.717) is 0 Å². The van der Waals surface area contributed by atoms with E-state index in [1.807, 2.05) is 12.3 Å². The Morgan fingerprint density at radius 2 is 2.67 bits per heavy atom. The molecule has 0 atom stereocenters. The van der Waals surface area contributed by atoms with Gasteiger partial charge in [0.1, 0.15) is 0 Å². The highest BCUT2D eigenvalue weighted by atomic mass is 15.4. The van der Waals surface area contributed by atoms with Crippen molar-refractivity contribution in [2.45, 2.75) is 6.54 Å². The van der Waals surface area contributed by atoms with Gasteiger partial charge in [-0.05, 0) is 6.07 Å².